The number of hydrogen-bond donors (Lipinski definition) is 1. The fraction of sp³-hybridized carbons (Fsp3) is 0.353. The van der Waals surface area contributed by atoms with E-state index in [2.05, 4.69) is 41.1 Å². The van der Waals surface area contributed by atoms with E-state index in [4.69, 9.17) is 4.74 Å². The van der Waals surface area contributed by atoms with Crippen molar-refractivity contribution < 1.29 is 19.4 Å². The number of nitrogens with zero attached hydrogens (tertiary/aromatic N) is 1. The number of ether oxygens (including phenoxy) is 1. The summed E-state index contributed by atoms with van der Waals surface area (Å²) >= 11 is 5.11. The van der Waals surface area contributed by atoms with Gasteiger partial charge in [0.2, 0.25) is 11.8 Å². The molecule has 0 radical (unpaired) electrons. The molecule has 2 aromatic carbocycles. The van der Waals surface area contributed by atoms with Crippen molar-refractivity contribution in [2.45, 2.75) is 51.7 Å². The molecule has 2 saturated heterocycles. The van der Waals surface area contributed by atoms with Crippen LogP contribution in [0.2, 0.25) is 0 Å². The Morgan fingerprint density at radius 2 is 1.93 bits per heavy atom. The zero-order valence-corrected chi connectivity index (χ0v) is 25.5. The van der Waals surface area contributed by atoms with Crippen molar-refractivity contribution in [2.24, 2.45) is 17.8 Å². The second-order valence-corrected chi connectivity index (χ2v) is 13.1. The van der Waals surface area contributed by atoms with Crippen molar-refractivity contribution in [1.29, 1.82) is 0 Å². The Kier molecular flexibility index (Phi) is 8.29. The first-order valence-electron chi connectivity index (χ1n) is 14.4. The minimum absolute atomic E-state index is 0.0207. The Balaban J connectivity index is 1.27. The van der Waals surface area contributed by atoms with Crippen LogP contribution in [-0.2, 0) is 20.9 Å². The van der Waals surface area contributed by atoms with E-state index in [0.717, 1.165) is 51.7 Å². The lowest BCUT2D eigenvalue weighted by atomic mass is 9.68. The molecule has 5 nitrogen and oxygen atoms in total. The zero-order valence-electron chi connectivity index (χ0n) is 23.1. The van der Waals surface area contributed by atoms with Gasteiger partial charge in [0.05, 0.1) is 31.1 Å². The molecule has 0 saturated carbocycles. The first kappa shape index (κ1) is 28.1. The Morgan fingerprint density at radius 1 is 1.10 bits per heavy atom. The first-order chi connectivity index (χ1) is 19.9. The minimum atomic E-state index is -0.328. The van der Waals surface area contributed by atoms with Crippen LogP contribution in [0.25, 0.3) is 11.6 Å². The van der Waals surface area contributed by atoms with Crippen molar-refractivity contribution in [2.75, 3.05) is 6.61 Å². The molecule has 0 spiro atoms. The number of likely N-dealkylation sites (tertiary alicyclic amines) is 1. The van der Waals surface area contributed by atoms with E-state index in [1.54, 1.807) is 17.4 Å². The molecule has 6 rings (SSSR count). The number of phenols is 1. The maximum Gasteiger partial charge on any atom is 0.234 e. The highest BCUT2D eigenvalue weighted by Gasteiger charge is 2.56. The van der Waals surface area contributed by atoms with Crippen LogP contribution in [0.4, 0.5) is 0 Å². The van der Waals surface area contributed by atoms with Gasteiger partial charge in [-0.1, -0.05) is 71.2 Å². The molecule has 3 aromatic rings. The molecular formula is C34H34BrNO4S. The third kappa shape index (κ3) is 5.60. The molecule has 212 valence electrons. The summed E-state index contributed by atoms with van der Waals surface area (Å²) in [4.78, 5) is 29.7. The molecule has 1 aliphatic carbocycles. The zero-order chi connectivity index (χ0) is 28.5. The lowest BCUT2D eigenvalue weighted by Crippen LogP contribution is -2.34. The van der Waals surface area contributed by atoms with E-state index in [1.807, 2.05) is 47.8 Å². The van der Waals surface area contributed by atoms with Crippen molar-refractivity contribution >= 4 is 50.7 Å². The highest BCUT2D eigenvalue weighted by molar-refractivity contribution is 9.10. The fourth-order valence-corrected chi connectivity index (χ4v) is 7.93. The lowest BCUT2D eigenvalue weighted by Gasteiger charge is -2.32. The fourth-order valence-electron chi connectivity index (χ4n) is 6.86. The Morgan fingerprint density at radius 3 is 2.68 bits per heavy atom. The van der Waals surface area contributed by atoms with Gasteiger partial charge in [-0.15, -0.1) is 11.3 Å². The number of hydrogen-bond acceptors (Lipinski definition) is 5. The predicted octanol–water partition coefficient (Wildman–Crippen LogP) is 7.85. The largest absolute Gasteiger partial charge is 0.507 e. The van der Waals surface area contributed by atoms with E-state index in [9.17, 15) is 14.7 Å². The molecule has 7 heteroatoms. The molecule has 3 aliphatic rings. The summed E-state index contributed by atoms with van der Waals surface area (Å²) in [5.74, 6) is -0.464. The average Bonchev–Trinajstić information content (AvgIpc) is 3.70. The molecule has 2 fully saturated rings. The number of amides is 2. The number of halogens is 1. The van der Waals surface area contributed by atoms with Crippen molar-refractivity contribution in [3.63, 3.8) is 0 Å². The second kappa shape index (κ2) is 12.1. The highest BCUT2D eigenvalue weighted by atomic mass is 79.9. The molecule has 2 amide bonds. The van der Waals surface area contributed by atoms with Gasteiger partial charge < -0.3 is 9.84 Å². The number of benzene rings is 2. The molecule has 4 atom stereocenters. The smallest absolute Gasteiger partial charge is 0.234 e. The van der Waals surface area contributed by atoms with Crippen LogP contribution in [0.3, 0.4) is 0 Å². The molecule has 0 unspecified atom stereocenters. The number of phenolic OH excluding ortho intramolecular Hbond substituents is 1. The van der Waals surface area contributed by atoms with E-state index in [0.29, 0.717) is 19.6 Å². The summed E-state index contributed by atoms with van der Waals surface area (Å²) in [7, 11) is 0. The Hall–Kier alpha value is -3.00. The van der Waals surface area contributed by atoms with Crippen LogP contribution in [0.5, 0.6) is 5.75 Å². The number of imide groups is 1. The highest BCUT2D eigenvalue weighted by Crippen LogP contribution is 2.51. The quantitative estimate of drug-likeness (QED) is 0.148. The normalized spacial score (nSPS) is 24.2. The van der Waals surface area contributed by atoms with Crippen LogP contribution in [-0.4, -0.2) is 34.5 Å². The SMILES string of the molecule is CCCC1=C2[C@@H](CC/C(=C/c3cc(Br)ccc3O)c3ccccc3)OC[C@@H]2[C@@H]2C(=O)N(Cc3cccs3)C(=O)[C@@H]2C1. The van der Waals surface area contributed by atoms with Crippen LogP contribution < -0.4 is 0 Å². The Bertz CT molecular complexity index is 1500. The van der Waals surface area contributed by atoms with Crippen molar-refractivity contribution in [1.82, 2.24) is 4.90 Å². The summed E-state index contributed by atoms with van der Waals surface area (Å²) in [6, 6.07) is 19.6. The topological polar surface area (TPSA) is 66.8 Å². The number of thiophene rings is 1. The van der Waals surface area contributed by atoms with Crippen LogP contribution in [0.1, 0.15) is 55.0 Å². The second-order valence-electron chi connectivity index (χ2n) is 11.2. The summed E-state index contributed by atoms with van der Waals surface area (Å²) in [5.41, 5.74) is 5.57. The number of allylic oxidation sites excluding steroid dienone is 2. The summed E-state index contributed by atoms with van der Waals surface area (Å²) in [6.45, 7) is 3.02. The van der Waals surface area contributed by atoms with Crippen LogP contribution in [0.15, 0.2) is 81.7 Å². The maximum absolute atomic E-state index is 13.7. The lowest BCUT2D eigenvalue weighted by molar-refractivity contribution is -0.140. The molecule has 0 bridgehead atoms. The van der Waals surface area contributed by atoms with Gasteiger partial charge >= 0.3 is 0 Å². The summed E-state index contributed by atoms with van der Waals surface area (Å²) in [5, 5.41) is 12.5. The number of carbonyl (C=O) groups is 2. The third-order valence-corrected chi connectivity index (χ3v) is 10.0. The summed E-state index contributed by atoms with van der Waals surface area (Å²) in [6.07, 6.45) is 6.07. The van der Waals surface area contributed by atoms with Gasteiger partial charge in [-0.25, -0.2) is 0 Å². The number of aromatic hydroxyl groups is 1. The van der Waals surface area contributed by atoms with Crippen LogP contribution >= 0.6 is 27.3 Å². The third-order valence-electron chi connectivity index (χ3n) is 8.68. The van der Waals surface area contributed by atoms with Gasteiger partial charge in [-0.3, -0.25) is 14.5 Å². The van der Waals surface area contributed by atoms with Gasteiger partial charge in [0.25, 0.3) is 0 Å². The molecule has 41 heavy (non-hydrogen) atoms. The molecule has 3 heterocycles. The number of rotatable bonds is 9. The first-order valence-corrected chi connectivity index (χ1v) is 16.1. The van der Waals surface area contributed by atoms with Gasteiger partial charge in [0.1, 0.15) is 5.75 Å². The maximum atomic E-state index is 13.7. The van der Waals surface area contributed by atoms with Crippen molar-refractivity contribution in [3.05, 3.63) is 97.7 Å². The average molecular weight is 633 g/mol. The van der Waals surface area contributed by atoms with E-state index in [-0.39, 0.29) is 41.4 Å². The van der Waals surface area contributed by atoms with Gasteiger partial charge in [0, 0.05) is 20.8 Å². The van der Waals surface area contributed by atoms with E-state index in [1.165, 1.54) is 16.0 Å². The molecule has 1 aromatic heterocycles. The van der Waals surface area contributed by atoms with Crippen LogP contribution in [0, 0.1) is 17.8 Å². The Labute approximate surface area is 253 Å². The van der Waals surface area contributed by atoms with Gasteiger partial charge in [0.15, 0.2) is 0 Å². The molecule has 2 aliphatic heterocycles. The number of fused-ring (bicyclic) bond motifs is 3. The van der Waals surface area contributed by atoms with Gasteiger partial charge in [-0.2, -0.15) is 0 Å². The number of carbonyl (C=O) groups excluding carboxylic acids is 2. The van der Waals surface area contributed by atoms with E-state index < -0.39 is 0 Å². The van der Waals surface area contributed by atoms with Crippen molar-refractivity contribution in [3.8, 4) is 5.75 Å². The van der Waals surface area contributed by atoms with Gasteiger partial charge in [-0.05, 0) is 78.1 Å². The molecular weight excluding hydrogens is 598 g/mol. The molecule has 1 N–H and O–H groups in total. The monoisotopic (exact) mass is 631 g/mol. The minimum Gasteiger partial charge on any atom is -0.507 e. The summed E-state index contributed by atoms with van der Waals surface area (Å²) < 4.78 is 7.38. The standard InChI is InChI=1S/C34H34BrNO4S/c1-2-7-23-18-27-32(34(39)36(33(27)38)19-26-10-6-15-41-26)28-20-40-30(31(23)28)14-11-22(21-8-4-3-5-9-21)16-24-17-25(35)12-13-29(24)37/h3-6,8-10,12-13,15-17,27-28,30,32,37H,2,7,11,14,18-20H2,1H3/b22-16-/t27-,28+,30-,32-/m1/s1. The predicted molar refractivity (Wildman–Crippen MR) is 166 cm³/mol. The van der Waals surface area contributed by atoms with E-state index >= 15 is 0 Å².